The summed E-state index contributed by atoms with van der Waals surface area (Å²) in [6.45, 7) is 3.45. The maximum absolute atomic E-state index is 11.6. The van der Waals surface area contributed by atoms with Crippen LogP contribution in [0.15, 0.2) is 0 Å². The second kappa shape index (κ2) is 5.41. The minimum Gasteiger partial charge on any atom is -0.338 e. The monoisotopic (exact) mass is 226 g/mol. The summed E-state index contributed by atoms with van der Waals surface area (Å²) in [5, 5.41) is 11.5. The predicted octanol–water partition coefficient (Wildman–Crippen LogP) is 1.94. The van der Waals surface area contributed by atoms with Crippen LogP contribution in [0.3, 0.4) is 0 Å². The van der Waals surface area contributed by atoms with Crippen molar-refractivity contribution < 1.29 is 4.79 Å². The molecule has 84 valence electrons. The predicted molar refractivity (Wildman–Crippen MR) is 62.5 cm³/mol. The molecule has 0 spiro atoms. The summed E-state index contributed by atoms with van der Waals surface area (Å²) in [5.41, 5.74) is -0.736. The molecule has 0 aliphatic carbocycles. The Morgan fingerprint density at radius 1 is 1.53 bits per heavy atom. The van der Waals surface area contributed by atoms with Gasteiger partial charge in [0.05, 0.1) is 6.07 Å². The topological polar surface area (TPSA) is 52.9 Å². The van der Waals surface area contributed by atoms with Crippen molar-refractivity contribution in [2.24, 2.45) is 5.92 Å². The second-order valence-electron chi connectivity index (χ2n) is 4.54. The maximum Gasteiger partial charge on any atom is 0.221 e. The van der Waals surface area contributed by atoms with Crippen molar-refractivity contribution in [2.75, 3.05) is 11.5 Å². The molecule has 1 amide bonds. The van der Waals surface area contributed by atoms with Gasteiger partial charge in [0.1, 0.15) is 5.54 Å². The number of nitrogens with zero attached hydrogens (tertiary/aromatic N) is 1. The van der Waals surface area contributed by atoms with Gasteiger partial charge in [-0.3, -0.25) is 4.79 Å². The van der Waals surface area contributed by atoms with Crippen LogP contribution in [-0.2, 0) is 4.79 Å². The molecule has 0 saturated carbocycles. The van der Waals surface area contributed by atoms with E-state index in [0.29, 0.717) is 12.3 Å². The van der Waals surface area contributed by atoms with Gasteiger partial charge in [-0.2, -0.15) is 17.0 Å². The molecule has 0 aromatic carbocycles. The second-order valence-corrected chi connectivity index (χ2v) is 5.77. The van der Waals surface area contributed by atoms with E-state index in [1.165, 1.54) is 11.5 Å². The molecule has 0 aromatic heterocycles. The zero-order valence-electron chi connectivity index (χ0n) is 9.38. The third-order valence-corrected chi connectivity index (χ3v) is 3.60. The summed E-state index contributed by atoms with van der Waals surface area (Å²) in [4.78, 5) is 11.6. The maximum atomic E-state index is 11.6. The van der Waals surface area contributed by atoms with Crippen molar-refractivity contribution >= 4 is 17.7 Å². The average molecular weight is 226 g/mol. The zero-order valence-corrected chi connectivity index (χ0v) is 10.2. The molecule has 1 aliphatic rings. The number of carbonyl (C=O) groups is 1. The number of nitrogens with one attached hydrogen (secondary N) is 1. The first-order valence-electron chi connectivity index (χ1n) is 5.33. The van der Waals surface area contributed by atoms with Crippen LogP contribution in [0.4, 0.5) is 0 Å². The quantitative estimate of drug-likeness (QED) is 0.800. The highest BCUT2D eigenvalue weighted by Gasteiger charge is 2.22. The molecule has 4 heteroatoms. The summed E-state index contributed by atoms with van der Waals surface area (Å²) in [7, 11) is 0. The fourth-order valence-electron chi connectivity index (χ4n) is 1.64. The standard InChI is InChI=1S/C11H18N2OS/c1-11(2,8-12)13-10(14)7-9-3-5-15-6-4-9/h9H,3-7H2,1-2H3,(H,13,14). The van der Waals surface area contributed by atoms with E-state index >= 15 is 0 Å². The van der Waals surface area contributed by atoms with Gasteiger partial charge in [-0.1, -0.05) is 0 Å². The number of nitriles is 1. The van der Waals surface area contributed by atoms with E-state index in [1.807, 2.05) is 11.8 Å². The fraction of sp³-hybridized carbons (Fsp3) is 0.818. The molecule has 1 saturated heterocycles. The van der Waals surface area contributed by atoms with Gasteiger partial charge in [0.25, 0.3) is 0 Å². The van der Waals surface area contributed by atoms with Gasteiger partial charge in [0.2, 0.25) is 5.91 Å². The zero-order chi connectivity index (χ0) is 11.3. The van der Waals surface area contributed by atoms with Crippen LogP contribution >= 0.6 is 11.8 Å². The molecule has 0 bridgehead atoms. The van der Waals surface area contributed by atoms with Gasteiger partial charge in [0.15, 0.2) is 0 Å². The van der Waals surface area contributed by atoms with E-state index in [-0.39, 0.29) is 5.91 Å². The Labute approximate surface area is 95.6 Å². The van der Waals surface area contributed by atoms with E-state index in [2.05, 4.69) is 11.4 Å². The van der Waals surface area contributed by atoms with Gasteiger partial charge in [-0.15, -0.1) is 0 Å². The largest absolute Gasteiger partial charge is 0.338 e. The molecule has 0 aromatic rings. The number of amides is 1. The van der Waals surface area contributed by atoms with Crippen molar-refractivity contribution in [3.05, 3.63) is 0 Å². The minimum atomic E-state index is -0.736. The van der Waals surface area contributed by atoms with Crippen molar-refractivity contribution in [3.63, 3.8) is 0 Å². The molecule has 1 rings (SSSR count). The fourth-order valence-corrected chi connectivity index (χ4v) is 2.84. The molecule has 0 unspecified atom stereocenters. The summed E-state index contributed by atoms with van der Waals surface area (Å²) >= 11 is 1.96. The lowest BCUT2D eigenvalue weighted by atomic mass is 9.97. The van der Waals surface area contributed by atoms with Crippen molar-refractivity contribution in [3.8, 4) is 6.07 Å². The Balaban J connectivity index is 2.32. The van der Waals surface area contributed by atoms with Crippen LogP contribution in [0.5, 0.6) is 0 Å². The normalized spacial score (nSPS) is 18.2. The summed E-state index contributed by atoms with van der Waals surface area (Å²) in [6.07, 6.45) is 2.84. The number of thioether (sulfide) groups is 1. The molecule has 1 heterocycles. The molecule has 0 atom stereocenters. The van der Waals surface area contributed by atoms with Crippen molar-refractivity contribution in [1.82, 2.24) is 5.32 Å². The molecular weight excluding hydrogens is 208 g/mol. The Kier molecular flexibility index (Phi) is 4.46. The Morgan fingerprint density at radius 3 is 2.67 bits per heavy atom. The molecular formula is C11H18N2OS. The van der Waals surface area contributed by atoms with Gasteiger partial charge >= 0.3 is 0 Å². The van der Waals surface area contributed by atoms with Crippen LogP contribution in [0.25, 0.3) is 0 Å². The van der Waals surface area contributed by atoms with Gasteiger partial charge < -0.3 is 5.32 Å². The Morgan fingerprint density at radius 2 is 2.13 bits per heavy atom. The summed E-state index contributed by atoms with van der Waals surface area (Å²) in [6, 6.07) is 2.07. The molecule has 0 radical (unpaired) electrons. The number of rotatable bonds is 3. The van der Waals surface area contributed by atoms with Crippen LogP contribution in [0.2, 0.25) is 0 Å². The van der Waals surface area contributed by atoms with E-state index in [0.717, 1.165) is 12.8 Å². The minimum absolute atomic E-state index is 0.0125. The highest BCUT2D eigenvalue weighted by atomic mass is 32.2. The van der Waals surface area contributed by atoms with E-state index in [1.54, 1.807) is 13.8 Å². The van der Waals surface area contributed by atoms with E-state index < -0.39 is 5.54 Å². The molecule has 3 nitrogen and oxygen atoms in total. The first-order valence-corrected chi connectivity index (χ1v) is 6.49. The highest BCUT2D eigenvalue weighted by Crippen LogP contribution is 2.25. The smallest absolute Gasteiger partial charge is 0.221 e. The van der Waals surface area contributed by atoms with E-state index in [9.17, 15) is 4.79 Å². The van der Waals surface area contributed by atoms with Crippen LogP contribution in [-0.4, -0.2) is 23.0 Å². The third-order valence-electron chi connectivity index (χ3n) is 2.55. The molecule has 1 fully saturated rings. The first-order chi connectivity index (χ1) is 7.03. The number of hydrogen-bond acceptors (Lipinski definition) is 3. The van der Waals surface area contributed by atoms with Crippen LogP contribution in [0.1, 0.15) is 33.1 Å². The van der Waals surface area contributed by atoms with Crippen LogP contribution < -0.4 is 5.32 Å². The SMILES string of the molecule is CC(C)(C#N)NC(=O)CC1CCSCC1. The van der Waals surface area contributed by atoms with Gasteiger partial charge in [-0.25, -0.2) is 0 Å². The summed E-state index contributed by atoms with van der Waals surface area (Å²) < 4.78 is 0. The Bertz CT molecular complexity index is 264. The lowest BCUT2D eigenvalue weighted by Crippen LogP contribution is -2.42. The average Bonchev–Trinajstić information content (AvgIpc) is 2.18. The van der Waals surface area contributed by atoms with Crippen molar-refractivity contribution in [2.45, 2.75) is 38.6 Å². The third kappa shape index (κ3) is 4.57. The lowest BCUT2D eigenvalue weighted by molar-refractivity contribution is -0.123. The van der Waals surface area contributed by atoms with Crippen molar-refractivity contribution in [1.29, 1.82) is 5.26 Å². The molecule has 15 heavy (non-hydrogen) atoms. The highest BCUT2D eigenvalue weighted by molar-refractivity contribution is 7.99. The first kappa shape index (κ1) is 12.4. The van der Waals surface area contributed by atoms with Gasteiger partial charge in [0, 0.05) is 6.42 Å². The molecule has 1 N–H and O–H groups in total. The number of carbonyl (C=O) groups excluding carboxylic acids is 1. The molecule has 1 aliphatic heterocycles. The lowest BCUT2D eigenvalue weighted by Gasteiger charge is -2.23. The van der Waals surface area contributed by atoms with Gasteiger partial charge in [-0.05, 0) is 44.1 Å². The van der Waals surface area contributed by atoms with E-state index in [4.69, 9.17) is 5.26 Å². The number of hydrogen-bond donors (Lipinski definition) is 1. The van der Waals surface area contributed by atoms with Crippen LogP contribution in [0, 0.1) is 17.2 Å². The summed E-state index contributed by atoms with van der Waals surface area (Å²) in [5.74, 6) is 2.86. The Hall–Kier alpha value is -0.690.